The number of halogens is 1. The van der Waals surface area contributed by atoms with Crippen LogP contribution in [0.15, 0.2) is 18.2 Å². The van der Waals surface area contributed by atoms with Gasteiger partial charge in [0, 0.05) is 25.9 Å². The molecule has 1 aromatic carbocycles. The van der Waals surface area contributed by atoms with Crippen molar-refractivity contribution in [2.45, 2.75) is 40.0 Å². The highest BCUT2D eigenvalue weighted by atomic mass is 35.5. The lowest BCUT2D eigenvalue weighted by atomic mass is 10.2. The Morgan fingerprint density at radius 1 is 1.08 bits per heavy atom. The predicted octanol–water partition coefficient (Wildman–Crippen LogP) is 2.74. The van der Waals surface area contributed by atoms with Gasteiger partial charge in [-0.3, -0.25) is 14.4 Å². The van der Waals surface area contributed by atoms with Crippen LogP contribution in [0.2, 0.25) is 5.02 Å². The van der Waals surface area contributed by atoms with E-state index < -0.39 is 0 Å². The minimum absolute atomic E-state index is 0.0459. The maximum absolute atomic E-state index is 11.9. The van der Waals surface area contributed by atoms with E-state index in [2.05, 4.69) is 10.6 Å². The summed E-state index contributed by atoms with van der Waals surface area (Å²) >= 11 is 6.05. The quantitative estimate of drug-likeness (QED) is 0.704. The molecule has 0 saturated carbocycles. The Labute approximate surface area is 153 Å². The van der Waals surface area contributed by atoms with Gasteiger partial charge in [0.2, 0.25) is 17.7 Å². The molecule has 0 bridgehead atoms. The Morgan fingerprint density at radius 3 is 2.36 bits per heavy atom. The van der Waals surface area contributed by atoms with Gasteiger partial charge in [-0.2, -0.15) is 0 Å². The molecular weight excluding hydrogens is 342 g/mol. The SMILES string of the molecule is CCN(CC)C(=O)CCCC(=O)NCC(=O)Nc1ccc(C)cc1Cl. The summed E-state index contributed by atoms with van der Waals surface area (Å²) in [4.78, 5) is 37.2. The zero-order valence-corrected chi connectivity index (χ0v) is 15.8. The van der Waals surface area contributed by atoms with E-state index in [0.717, 1.165) is 5.56 Å². The van der Waals surface area contributed by atoms with E-state index >= 15 is 0 Å². The van der Waals surface area contributed by atoms with Crippen molar-refractivity contribution in [2.24, 2.45) is 0 Å². The van der Waals surface area contributed by atoms with Gasteiger partial charge in [0.05, 0.1) is 17.3 Å². The maximum atomic E-state index is 11.9. The Hall–Kier alpha value is -2.08. The number of hydrogen-bond acceptors (Lipinski definition) is 3. The van der Waals surface area contributed by atoms with Gasteiger partial charge in [-0.1, -0.05) is 17.7 Å². The van der Waals surface area contributed by atoms with Crippen molar-refractivity contribution in [3.63, 3.8) is 0 Å². The lowest BCUT2D eigenvalue weighted by molar-refractivity contribution is -0.131. The average molecular weight is 368 g/mol. The summed E-state index contributed by atoms with van der Waals surface area (Å²) in [7, 11) is 0. The highest BCUT2D eigenvalue weighted by Crippen LogP contribution is 2.22. The van der Waals surface area contributed by atoms with Gasteiger partial charge >= 0.3 is 0 Å². The molecule has 0 aliphatic carbocycles. The average Bonchev–Trinajstić information content (AvgIpc) is 2.56. The number of aryl methyl sites for hydroxylation is 1. The molecular formula is C18H26ClN3O3. The summed E-state index contributed by atoms with van der Waals surface area (Å²) in [6.07, 6.45) is 1.01. The maximum Gasteiger partial charge on any atom is 0.243 e. The predicted molar refractivity (Wildman–Crippen MR) is 99.6 cm³/mol. The number of hydrogen-bond donors (Lipinski definition) is 2. The molecule has 0 aliphatic heterocycles. The molecule has 0 atom stereocenters. The van der Waals surface area contributed by atoms with E-state index in [1.807, 2.05) is 26.8 Å². The lowest BCUT2D eigenvalue weighted by Crippen LogP contribution is -2.33. The van der Waals surface area contributed by atoms with Gasteiger partial charge in [0.25, 0.3) is 0 Å². The fourth-order valence-electron chi connectivity index (χ4n) is 2.32. The molecule has 1 rings (SSSR count). The summed E-state index contributed by atoms with van der Waals surface area (Å²) in [6, 6.07) is 5.31. The first kappa shape index (κ1) is 21.0. The minimum atomic E-state index is -0.349. The van der Waals surface area contributed by atoms with Crippen LogP contribution in [0.25, 0.3) is 0 Å². The number of nitrogens with one attached hydrogen (secondary N) is 2. The number of anilines is 1. The normalized spacial score (nSPS) is 10.2. The molecule has 0 heterocycles. The second-order valence-electron chi connectivity index (χ2n) is 5.73. The fraction of sp³-hybridized carbons (Fsp3) is 0.500. The van der Waals surface area contributed by atoms with E-state index in [1.165, 1.54) is 0 Å². The van der Waals surface area contributed by atoms with Crippen molar-refractivity contribution < 1.29 is 14.4 Å². The van der Waals surface area contributed by atoms with Crippen LogP contribution in [0.4, 0.5) is 5.69 Å². The van der Waals surface area contributed by atoms with Gasteiger partial charge in [0.1, 0.15) is 0 Å². The topological polar surface area (TPSA) is 78.5 Å². The first-order valence-corrected chi connectivity index (χ1v) is 8.85. The van der Waals surface area contributed by atoms with Crippen molar-refractivity contribution in [1.82, 2.24) is 10.2 Å². The van der Waals surface area contributed by atoms with Crippen molar-refractivity contribution >= 4 is 35.0 Å². The van der Waals surface area contributed by atoms with Crippen LogP contribution < -0.4 is 10.6 Å². The van der Waals surface area contributed by atoms with Crippen LogP contribution in [-0.2, 0) is 14.4 Å². The summed E-state index contributed by atoms with van der Waals surface area (Å²) in [5.74, 6) is -0.555. The van der Waals surface area contributed by atoms with Crippen molar-refractivity contribution in [3.8, 4) is 0 Å². The standard InChI is InChI=1S/C18H26ClN3O3/c1-4-22(5-2)18(25)8-6-7-16(23)20-12-17(24)21-15-10-9-13(3)11-14(15)19/h9-11H,4-8,12H2,1-3H3,(H,20,23)(H,21,24). The van der Waals surface area contributed by atoms with Gasteiger partial charge in [-0.25, -0.2) is 0 Å². The van der Waals surface area contributed by atoms with Crippen LogP contribution in [0.1, 0.15) is 38.7 Å². The van der Waals surface area contributed by atoms with Crippen molar-refractivity contribution in [3.05, 3.63) is 28.8 Å². The third kappa shape index (κ3) is 7.56. The van der Waals surface area contributed by atoms with Gasteiger partial charge < -0.3 is 15.5 Å². The molecule has 0 aromatic heterocycles. The van der Waals surface area contributed by atoms with Gasteiger partial charge in [0.15, 0.2) is 0 Å². The van der Waals surface area contributed by atoms with E-state index in [1.54, 1.807) is 17.0 Å². The minimum Gasteiger partial charge on any atom is -0.347 e. The molecule has 0 fully saturated rings. The van der Waals surface area contributed by atoms with Crippen LogP contribution >= 0.6 is 11.6 Å². The highest BCUT2D eigenvalue weighted by Gasteiger charge is 2.11. The summed E-state index contributed by atoms with van der Waals surface area (Å²) < 4.78 is 0. The molecule has 6 nitrogen and oxygen atoms in total. The first-order valence-electron chi connectivity index (χ1n) is 8.47. The van der Waals surface area contributed by atoms with Crippen LogP contribution in [0, 0.1) is 6.92 Å². The molecule has 0 unspecified atom stereocenters. The monoisotopic (exact) mass is 367 g/mol. The second kappa shape index (κ2) is 10.7. The number of amides is 3. The smallest absolute Gasteiger partial charge is 0.243 e. The second-order valence-corrected chi connectivity index (χ2v) is 6.13. The van der Waals surface area contributed by atoms with Crippen molar-refractivity contribution in [2.75, 3.05) is 25.0 Å². The Kier molecular flexibility index (Phi) is 8.99. The molecule has 1 aromatic rings. The number of nitrogens with zero attached hydrogens (tertiary/aromatic N) is 1. The summed E-state index contributed by atoms with van der Waals surface area (Å²) in [5.41, 5.74) is 1.51. The summed E-state index contributed by atoms with van der Waals surface area (Å²) in [5, 5.41) is 5.65. The molecule has 0 radical (unpaired) electrons. The largest absolute Gasteiger partial charge is 0.347 e. The third-order valence-corrected chi connectivity index (χ3v) is 4.07. The number of benzene rings is 1. The van der Waals surface area contributed by atoms with Crippen LogP contribution in [0.5, 0.6) is 0 Å². The molecule has 0 saturated heterocycles. The van der Waals surface area contributed by atoms with Crippen LogP contribution in [-0.4, -0.2) is 42.3 Å². The molecule has 0 aliphatic rings. The first-order chi connectivity index (χ1) is 11.9. The van der Waals surface area contributed by atoms with E-state index in [-0.39, 0.29) is 30.7 Å². The van der Waals surface area contributed by atoms with E-state index in [4.69, 9.17) is 11.6 Å². The number of rotatable bonds is 9. The molecule has 7 heteroatoms. The summed E-state index contributed by atoms with van der Waals surface area (Å²) in [6.45, 7) is 6.96. The lowest BCUT2D eigenvalue weighted by Gasteiger charge is -2.18. The molecule has 2 N–H and O–H groups in total. The zero-order valence-electron chi connectivity index (χ0n) is 15.0. The number of carbonyl (C=O) groups is 3. The van der Waals surface area contributed by atoms with Crippen LogP contribution in [0.3, 0.4) is 0 Å². The molecule has 0 spiro atoms. The number of carbonyl (C=O) groups excluding carboxylic acids is 3. The molecule has 25 heavy (non-hydrogen) atoms. The van der Waals surface area contributed by atoms with Gasteiger partial charge in [-0.05, 0) is 44.9 Å². The molecule has 138 valence electrons. The fourth-order valence-corrected chi connectivity index (χ4v) is 2.60. The van der Waals surface area contributed by atoms with Crippen molar-refractivity contribution in [1.29, 1.82) is 0 Å². The Bertz CT molecular complexity index is 616. The highest BCUT2D eigenvalue weighted by molar-refractivity contribution is 6.33. The zero-order chi connectivity index (χ0) is 18.8. The van der Waals surface area contributed by atoms with E-state index in [9.17, 15) is 14.4 Å². The Balaban J connectivity index is 2.29. The van der Waals surface area contributed by atoms with E-state index in [0.29, 0.717) is 36.6 Å². The molecule has 3 amide bonds. The van der Waals surface area contributed by atoms with Gasteiger partial charge in [-0.15, -0.1) is 0 Å². The Morgan fingerprint density at radius 2 is 1.76 bits per heavy atom. The third-order valence-electron chi connectivity index (χ3n) is 3.76.